The van der Waals surface area contributed by atoms with Gasteiger partial charge in [0.15, 0.2) is 0 Å². The molecule has 1 aliphatic heterocycles. The number of nitrogens with zero attached hydrogens (tertiary/aromatic N) is 1. The molecular formula is C8H17NS. The minimum Gasteiger partial charge on any atom is -0.297 e. The predicted molar refractivity (Wildman–Crippen MR) is 48.4 cm³/mol. The van der Waals surface area contributed by atoms with Crippen molar-refractivity contribution in [1.29, 1.82) is 0 Å². The van der Waals surface area contributed by atoms with Crippen LogP contribution in [0.1, 0.15) is 20.3 Å². The molecule has 0 atom stereocenters. The summed E-state index contributed by atoms with van der Waals surface area (Å²) in [5.41, 5.74) is 0.540. The Morgan fingerprint density at radius 3 is 2.80 bits per heavy atom. The van der Waals surface area contributed by atoms with Crippen LogP contribution in [0.4, 0.5) is 0 Å². The summed E-state index contributed by atoms with van der Waals surface area (Å²) in [4.78, 5) is 2.41. The lowest BCUT2D eigenvalue weighted by Gasteiger charge is -2.25. The molecule has 0 spiro atoms. The van der Waals surface area contributed by atoms with Crippen molar-refractivity contribution in [3.63, 3.8) is 0 Å². The van der Waals surface area contributed by atoms with Crippen LogP contribution in [0.3, 0.4) is 0 Å². The summed E-state index contributed by atoms with van der Waals surface area (Å²) in [5.74, 6) is 2.54. The zero-order valence-electron chi connectivity index (χ0n) is 7.18. The van der Waals surface area contributed by atoms with Gasteiger partial charge in [-0.3, -0.25) is 4.90 Å². The maximum absolute atomic E-state index is 2.41. The molecule has 0 N–H and O–H groups in total. The van der Waals surface area contributed by atoms with E-state index in [2.05, 4.69) is 37.6 Å². The van der Waals surface area contributed by atoms with Crippen LogP contribution in [0, 0.1) is 5.41 Å². The Hall–Kier alpha value is 0.310. The van der Waals surface area contributed by atoms with Gasteiger partial charge in [-0.1, -0.05) is 13.8 Å². The third-order valence-electron chi connectivity index (χ3n) is 1.93. The molecule has 1 rings (SSSR count). The van der Waals surface area contributed by atoms with Gasteiger partial charge in [0.05, 0.1) is 0 Å². The van der Waals surface area contributed by atoms with Crippen LogP contribution in [0.2, 0.25) is 0 Å². The van der Waals surface area contributed by atoms with E-state index in [0.717, 1.165) is 0 Å². The first-order valence-corrected chi connectivity index (χ1v) is 5.02. The highest BCUT2D eigenvalue weighted by Gasteiger charge is 2.22. The van der Waals surface area contributed by atoms with Crippen LogP contribution in [0.25, 0.3) is 0 Å². The minimum absolute atomic E-state index is 0.540. The van der Waals surface area contributed by atoms with E-state index in [4.69, 9.17) is 0 Å². The monoisotopic (exact) mass is 159 g/mol. The number of hydrogen-bond donors (Lipinski definition) is 0. The quantitative estimate of drug-likeness (QED) is 0.532. The lowest BCUT2D eigenvalue weighted by Crippen LogP contribution is -2.28. The summed E-state index contributed by atoms with van der Waals surface area (Å²) in [6, 6.07) is 0. The Morgan fingerprint density at radius 1 is 1.40 bits per heavy atom. The van der Waals surface area contributed by atoms with Crippen molar-refractivity contribution < 1.29 is 0 Å². The highest BCUT2D eigenvalue weighted by Crippen LogP contribution is 2.27. The van der Waals surface area contributed by atoms with Crippen LogP contribution in [0.15, 0.2) is 0 Å². The van der Waals surface area contributed by atoms with E-state index >= 15 is 0 Å². The van der Waals surface area contributed by atoms with Gasteiger partial charge in [-0.2, -0.15) is 0 Å². The first-order valence-electron chi connectivity index (χ1n) is 3.86. The summed E-state index contributed by atoms with van der Waals surface area (Å²) < 4.78 is 0. The normalized spacial score (nSPS) is 27.9. The van der Waals surface area contributed by atoms with Crippen molar-refractivity contribution in [3.8, 4) is 0 Å². The van der Waals surface area contributed by atoms with Gasteiger partial charge in [-0.15, -0.1) is 11.8 Å². The topological polar surface area (TPSA) is 3.24 Å². The Balaban J connectivity index is 2.46. The molecule has 1 heterocycles. The van der Waals surface area contributed by atoms with E-state index in [1.807, 2.05) is 0 Å². The molecule has 0 aromatic rings. The van der Waals surface area contributed by atoms with Gasteiger partial charge in [0, 0.05) is 12.4 Å². The highest BCUT2D eigenvalue weighted by atomic mass is 32.2. The van der Waals surface area contributed by atoms with Crippen LogP contribution in [-0.2, 0) is 0 Å². The second-order valence-corrected chi connectivity index (χ2v) is 5.04. The molecule has 0 aliphatic carbocycles. The van der Waals surface area contributed by atoms with Gasteiger partial charge >= 0.3 is 0 Å². The van der Waals surface area contributed by atoms with E-state index < -0.39 is 0 Å². The zero-order chi connectivity index (χ0) is 7.61. The zero-order valence-corrected chi connectivity index (χ0v) is 8.00. The summed E-state index contributed by atoms with van der Waals surface area (Å²) in [7, 11) is 2.21. The second-order valence-electron chi connectivity index (χ2n) is 3.97. The molecule has 60 valence electrons. The smallest absolute Gasteiger partial charge is 0.0441 e. The van der Waals surface area contributed by atoms with E-state index in [9.17, 15) is 0 Å². The molecule has 0 amide bonds. The fraction of sp³-hybridized carbons (Fsp3) is 1.00. The van der Waals surface area contributed by atoms with Crippen LogP contribution >= 0.6 is 11.8 Å². The minimum atomic E-state index is 0.540. The predicted octanol–water partition coefficient (Wildman–Crippen LogP) is 2.04. The number of rotatable bonds is 0. The average molecular weight is 159 g/mol. The van der Waals surface area contributed by atoms with Gasteiger partial charge in [-0.25, -0.2) is 0 Å². The molecular weight excluding hydrogens is 142 g/mol. The molecule has 0 bridgehead atoms. The lowest BCUT2D eigenvalue weighted by atomic mass is 9.90. The van der Waals surface area contributed by atoms with Crippen molar-refractivity contribution in [2.75, 3.05) is 25.2 Å². The van der Waals surface area contributed by atoms with Gasteiger partial charge in [0.1, 0.15) is 0 Å². The summed E-state index contributed by atoms with van der Waals surface area (Å²) in [5, 5.41) is 0. The van der Waals surface area contributed by atoms with Crippen molar-refractivity contribution in [2.45, 2.75) is 20.3 Å². The lowest BCUT2D eigenvalue weighted by molar-refractivity contribution is 0.236. The standard InChI is InChI=1S/C8H17NS/c1-8(2)4-5-10-7-9(3)6-8/h4-7H2,1-3H3. The number of thioether (sulfide) groups is 1. The molecule has 1 aliphatic rings. The van der Waals surface area contributed by atoms with Gasteiger partial charge in [0.2, 0.25) is 0 Å². The average Bonchev–Trinajstić information content (AvgIpc) is 1.90. The van der Waals surface area contributed by atoms with Crippen molar-refractivity contribution in [2.24, 2.45) is 5.41 Å². The van der Waals surface area contributed by atoms with Crippen LogP contribution in [0.5, 0.6) is 0 Å². The van der Waals surface area contributed by atoms with Crippen molar-refractivity contribution in [3.05, 3.63) is 0 Å². The van der Waals surface area contributed by atoms with Gasteiger partial charge < -0.3 is 0 Å². The first kappa shape index (κ1) is 8.41. The Kier molecular flexibility index (Phi) is 2.64. The molecule has 10 heavy (non-hydrogen) atoms. The van der Waals surface area contributed by atoms with E-state index in [1.165, 1.54) is 24.6 Å². The van der Waals surface area contributed by atoms with E-state index in [1.54, 1.807) is 0 Å². The molecule has 0 aromatic carbocycles. The maximum Gasteiger partial charge on any atom is 0.0441 e. The second kappa shape index (κ2) is 3.14. The number of hydrogen-bond acceptors (Lipinski definition) is 2. The van der Waals surface area contributed by atoms with Crippen LogP contribution < -0.4 is 0 Å². The molecule has 0 aromatic heterocycles. The summed E-state index contributed by atoms with van der Waals surface area (Å²) >= 11 is 2.05. The highest BCUT2D eigenvalue weighted by molar-refractivity contribution is 7.99. The summed E-state index contributed by atoms with van der Waals surface area (Å²) in [6.07, 6.45) is 1.36. The molecule has 1 fully saturated rings. The third kappa shape index (κ3) is 2.51. The Labute approximate surface area is 68.2 Å². The fourth-order valence-corrected chi connectivity index (χ4v) is 2.65. The van der Waals surface area contributed by atoms with Crippen molar-refractivity contribution in [1.82, 2.24) is 4.90 Å². The SMILES string of the molecule is CN1CSCCC(C)(C)C1. The fourth-order valence-electron chi connectivity index (χ4n) is 1.42. The molecule has 1 saturated heterocycles. The van der Waals surface area contributed by atoms with Crippen molar-refractivity contribution >= 4 is 11.8 Å². The van der Waals surface area contributed by atoms with Crippen LogP contribution in [-0.4, -0.2) is 30.1 Å². The Bertz CT molecular complexity index is 112. The molecule has 1 nitrogen and oxygen atoms in total. The van der Waals surface area contributed by atoms with E-state index in [0.29, 0.717) is 5.41 Å². The molecule has 0 saturated carbocycles. The molecule has 2 heteroatoms. The maximum atomic E-state index is 2.41. The third-order valence-corrected chi connectivity index (χ3v) is 3.05. The van der Waals surface area contributed by atoms with E-state index in [-0.39, 0.29) is 0 Å². The van der Waals surface area contributed by atoms with Gasteiger partial charge in [-0.05, 0) is 24.6 Å². The van der Waals surface area contributed by atoms with Gasteiger partial charge in [0.25, 0.3) is 0 Å². The molecule has 0 radical (unpaired) electrons. The Morgan fingerprint density at radius 2 is 2.10 bits per heavy atom. The first-order chi connectivity index (χ1) is 4.60. The largest absolute Gasteiger partial charge is 0.297 e. The molecule has 0 unspecified atom stereocenters. The summed E-state index contributed by atoms with van der Waals surface area (Å²) in [6.45, 7) is 5.96.